The van der Waals surface area contributed by atoms with Crippen molar-refractivity contribution in [3.8, 4) is 0 Å². The van der Waals surface area contributed by atoms with Crippen molar-refractivity contribution < 1.29 is 28.2 Å². The molecule has 0 aliphatic carbocycles. The second kappa shape index (κ2) is 6.13. The summed E-state index contributed by atoms with van der Waals surface area (Å²) in [5, 5.41) is 24.6. The summed E-state index contributed by atoms with van der Waals surface area (Å²) in [7, 11) is 1.35. The lowest BCUT2D eigenvalue weighted by molar-refractivity contribution is -0.138. The van der Waals surface area contributed by atoms with E-state index >= 15 is 0 Å². The van der Waals surface area contributed by atoms with E-state index in [9.17, 15) is 23.1 Å². The Balaban J connectivity index is 2.04. The lowest BCUT2D eigenvalue weighted by Crippen LogP contribution is -2.44. The first kappa shape index (κ1) is 16.6. The van der Waals surface area contributed by atoms with Crippen LogP contribution in [0.5, 0.6) is 0 Å². The maximum Gasteiger partial charge on any atom is 0.419 e. The van der Waals surface area contributed by atoms with Gasteiger partial charge in [-0.05, 0) is 6.42 Å². The van der Waals surface area contributed by atoms with Crippen molar-refractivity contribution in [3.05, 3.63) is 17.5 Å². The average molecular weight is 322 g/mol. The molecule has 22 heavy (non-hydrogen) atoms. The van der Waals surface area contributed by atoms with Crippen LogP contribution in [0.4, 0.5) is 18.0 Å². The third-order valence-corrected chi connectivity index (χ3v) is 3.64. The molecule has 0 saturated carbocycles. The van der Waals surface area contributed by atoms with Crippen molar-refractivity contribution in [1.29, 1.82) is 0 Å². The summed E-state index contributed by atoms with van der Waals surface area (Å²) < 4.78 is 39.5. The van der Waals surface area contributed by atoms with Crippen molar-refractivity contribution in [2.75, 3.05) is 13.2 Å². The molecule has 0 radical (unpaired) electrons. The summed E-state index contributed by atoms with van der Waals surface area (Å²) >= 11 is 0. The Kier molecular flexibility index (Phi) is 4.61. The minimum absolute atomic E-state index is 0.0363. The number of likely N-dealkylation sites (tertiary alicyclic amines) is 1. The zero-order chi connectivity index (χ0) is 16.5. The molecule has 0 bridgehead atoms. The van der Waals surface area contributed by atoms with E-state index < -0.39 is 29.9 Å². The number of halogens is 3. The summed E-state index contributed by atoms with van der Waals surface area (Å²) in [6, 6.07) is -1.17. The molecule has 3 N–H and O–H groups in total. The first-order valence-corrected chi connectivity index (χ1v) is 6.65. The highest BCUT2D eigenvalue weighted by Gasteiger charge is 2.37. The van der Waals surface area contributed by atoms with Crippen LogP contribution in [0.1, 0.15) is 17.7 Å². The van der Waals surface area contributed by atoms with Crippen LogP contribution >= 0.6 is 0 Å². The van der Waals surface area contributed by atoms with Gasteiger partial charge >= 0.3 is 12.2 Å². The van der Waals surface area contributed by atoms with E-state index in [-0.39, 0.29) is 31.8 Å². The maximum absolute atomic E-state index is 12.8. The van der Waals surface area contributed by atoms with Gasteiger partial charge in [0.15, 0.2) is 0 Å². The number of nitrogens with one attached hydrogen (secondary N) is 1. The number of hydrogen-bond donors (Lipinski definition) is 3. The highest BCUT2D eigenvalue weighted by atomic mass is 19.4. The Bertz CT molecular complexity index is 546. The van der Waals surface area contributed by atoms with Crippen molar-refractivity contribution in [2.45, 2.75) is 31.3 Å². The van der Waals surface area contributed by atoms with E-state index in [0.717, 1.165) is 4.68 Å². The molecule has 2 amide bonds. The van der Waals surface area contributed by atoms with Crippen LogP contribution in [-0.2, 0) is 19.8 Å². The van der Waals surface area contributed by atoms with Gasteiger partial charge in [0.1, 0.15) is 0 Å². The molecule has 1 aromatic heterocycles. The lowest BCUT2D eigenvalue weighted by atomic mass is 10.2. The molecule has 1 fully saturated rings. The number of urea groups is 1. The number of amides is 2. The highest BCUT2D eigenvalue weighted by molar-refractivity contribution is 5.75. The number of carbonyl (C=O) groups excluding carboxylic acids is 1. The summed E-state index contributed by atoms with van der Waals surface area (Å²) in [6.07, 6.45) is -4.35. The maximum atomic E-state index is 12.8. The summed E-state index contributed by atoms with van der Waals surface area (Å²) in [5.74, 6) is 0. The summed E-state index contributed by atoms with van der Waals surface area (Å²) in [5.41, 5.74) is -1.07. The molecule has 1 saturated heterocycles. The fourth-order valence-corrected chi connectivity index (χ4v) is 2.48. The lowest BCUT2D eigenvalue weighted by Gasteiger charge is -2.23. The topological polar surface area (TPSA) is 90.6 Å². The van der Waals surface area contributed by atoms with Gasteiger partial charge in [0.2, 0.25) is 0 Å². The predicted octanol–water partition coefficient (Wildman–Crippen LogP) is 0.0760. The molecule has 1 aromatic rings. The van der Waals surface area contributed by atoms with E-state index in [1.807, 2.05) is 0 Å². The Morgan fingerprint density at radius 1 is 1.55 bits per heavy atom. The van der Waals surface area contributed by atoms with Crippen molar-refractivity contribution >= 4 is 6.03 Å². The number of aromatic nitrogens is 2. The molecule has 2 atom stereocenters. The number of β-amino-alcohol motifs (C(OH)–C–C–N with tert-alkyl or cyclic N) is 1. The van der Waals surface area contributed by atoms with E-state index in [0.29, 0.717) is 6.20 Å². The fraction of sp³-hybridized carbons (Fsp3) is 0.667. The van der Waals surface area contributed by atoms with Crippen LogP contribution in [0.25, 0.3) is 0 Å². The number of hydrogen-bond acceptors (Lipinski definition) is 4. The van der Waals surface area contributed by atoms with Crippen LogP contribution in [0, 0.1) is 0 Å². The molecule has 7 nitrogen and oxygen atoms in total. The SMILES string of the molecule is Cn1ncc(C(F)(F)F)c1CNC(=O)N1CC(O)CC1CO. The second-order valence-corrected chi connectivity index (χ2v) is 5.16. The van der Waals surface area contributed by atoms with Crippen molar-refractivity contribution in [2.24, 2.45) is 7.05 Å². The molecule has 0 spiro atoms. The van der Waals surface area contributed by atoms with Gasteiger partial charge < -0.3 is 20.4 Å². The van der Waals surface area contributed by atoms with Crippen LogP contribution < -0.4 is 5.32 Å². The third-order valence-electron chi connectivity index (χ3n) is 3.64. The zero-order valence-corrected chi connectivity index (χ0v) is 11.8. The van der Waals surface area contributed by atoms with E-state index in [2.05, 4.69) is 10.4 Å². The van der Waals surface area contributed by atoms with Gasteiger partial charge in [-0.3, -0.25) is 4.68 Å². The zero-order valence-electron chi connectivity index (χ0n) is 11.8. The minimum Gasteiger partial charge on any atom is -0.394 e. The molecule has 0 aromatic carbocycles. The molecule has 1 aliphatic heterocycles. The third kappa shape index (κ3) is 3.33. The van der Waals surface area contributed by atoms with E-state index in [1.54, 1.807) is 0 Å². The quantitative estimate of drug-likeness (QED) is 0.735. The van der Waals surface area contributed by atoms with Gasteiger partial charge in [-0.2, -0.15) is 18.3 Å². The Hall–Kier alpha value is -1.81. The Morgan fingerprint density at radius 2 is 2.23 bits per heavy atom. The normalized spacial score (nSPS) is 22.2. The van der Waals surface area contributed by atoms with Crippen LogP contribution in [0.3, 0.4) is 0 Å². The highest BCUT2D eigenvalue weighted by Crippen LogP contribution is 2.31. The number of rotatable bonds is 3. The number of aliphatic hydroxyl groups is 2. The number of aliphatic hydroxyl groups excluding tert-OH is 2. The van der Waals surface area contributed by atoms with Gasteiger partial charge in [-0.25, -0.2) is 4.79 Å². The van der Waals surface area contributed by atoms with Gasteiger partial charge in [0, 0.05) is 13.6 Å². The van der Waals surface area contributed by atoms with Gasteiger partial charge in [0.05, 0.1) is 42.8 Å². The fourth-order valence-electron chi connectivity index (χ4n) is 2.48. The minimum atomic E-state index is -4.55. The first-order valence-electron chi connectivity index (χ1n) is 6.65. The van der Waals surface area contributed by atoms with Gasteiger partial charge in [0.25, 0.3) is 0 Å². The standard InChI is InChI=1S/C12H17F3N4O3/c1-18-10(9(3-17-18)12(13,14)15)4-16-11(22)19-5-8(21)2-7(19)6-20/h3,7-8,20-21H,2,4-6H2,1H3,(H,16,22). The van der Waals surface area contributed by atoms with Gasteiger partial charge in [-0.1, -0.05) is 0 Å². The molecule has 10 heteroatoms. The Morgan fingerprint density at radius 3 is 2.82 bits per heavy atom. The Labute approximate surface area is 124 Å². The largest absolute Gasteiger partial charge is 0.419 e. The van der Waals surface area contributed by atoms with Crippen LogP contribution in [0.15, 0.2) is 6.20 Å². The predicted molar refractivity (Wildman–Crippen MR) is 68.6 cm³/mol. The molecule has 1 aliphatic rings. The van der Waals surface area contributed by atoms with Gasteiger partial charge in [-0.15, -0.1) is 0 Å². The average Bonchev–Trinajstić information content (AvgIpc) is 2.98. The molecule has 124 valence electrons. The van der Waals surface area contributed by atoms with E-state index in [1.165, 1.54) is 11.9 Å². The van der Waals surface area contributed by atoms with Crippen molar-refractivity contribution in [3.63, 3.8) is 0 Å². The first-order chi connectivity index (χ1) is 10.2. The molecular weight excluding hydrogens is 305 g/mol. The second-order valence-electron chi connectivity index (χ2n) is 5.16. The molecular formula is C12H17F3N4O3. The number of aryl methyl sites for hydroxylation is 1. The summed E-state index contributed by atoms with van der Waals surface area (Å²) in [4.78, 5) is 13.2. The molecule has 2 unspecified atom stereocenters. The van der Waals surface area contributed by atoms with E-state index in [4.69, 9.17) is 5.11 Å². The van der Waals surface area contributed by atoms with Crippen molar-refractivity contribution in [1.82, 2.24) is 20.0 Å². The molecule has 2 heterocycles. The van der Waals surface area contributed by atoms with Crippen LogP contribution in [0.2, 0.25) is 0 Å². The summed E-state index contributed by atoms with van der Waals surface area (Å²) in [6.45, 7) is -0.631. The number of carbonyl (C=O) groups is 1. The smallest absolute Gasteiger partial charge is 0.394 e. The van der Waals surface area contributed by atoms with Crippen LogP contribution in [-0.4, -0.2) is 56.2 Å². The monoisotopic (exact) mass is 322 g/mol. The number of alkyl halides is 3. The number of nitrogens with zero attached hydrogens (tertiary/aromatic N) is 3. The molecule has 2 rings (SSSR count).